The smallest absolute Gasteiger partial charge is 0.306 e. The molecule has 0 aromatic carbocycles. The van der Waals surface area contributed by atoms with Crippen molar-refractivity contribution in [1.82, 2.24) is 10.5 Å². The largest absolute Gasteiger partial charge is 0.481 e. The van der Waals surface area contributed by atoms with Crippen LogP contribution in [0.1, 0.15) is 42.7 Å². The fraction of sp³-hybridized carbons (Fsp3) is 0.667. The number of carboxylic acids is 1. The third kappa shape index (κ3) is 4.06. The van der Waals surface area contributed by atoms with Gasteiger partial charge in [-0.15, -0.1) is 0 Å². The number of hydrogen-bond acceptors (Lipinski definition) is 4. The topological polar surface area (TPSA) is 92.4 Å². The highest BCUT2D eigenvalue weighted by Crippen LogP contribution is 2.28. The van der Waals surface area contributed by atoms with Gasteiger partial charge < -0.3 is 14.9 Å². The molecular weight excluding hydrogens is 272 g/mol. The number of amides is 1. The fourth-order valence-electron chi connectivity index (χ4n) is 2.85. The van der Waals surface area contributed by atoms with Crippen molar-refractivity contribution in [3.8, 4) is 0 Å². The van der Waals surface area contributed by atoms with Crippen molar-refractivity contribution in [2.45, 2.75) is 46.0 Å². The van der Waals surface area contributed by atoms with E-state index in [9.17, 15) is 9.59 Å². The summed E-state index contributed by atoms with van der Waals surface area (Å²) in [6.07, 6.45) is 3.43. The summed E-state index contributed by atoms with van der Waals surface area (Å²) in [5, 5.41) is 15.7. The van der Waals surface area contributed by atoms with Crippen LogP contribution in [0.15, 0.2) is 4.52 Å². The Morgan fingerprint density at radius 2 is 1.95 bits per heavy atom. The number of aryl methyl sites for hydroxylation is 2. The van der Waals surface area contributed by atoms with Gasteiger partial charge in [0.1, 0.15) is 5.76 Å². The van der Waals surface area contributed by atoms with Gasteiger partial charge in [0.15, 0.2) is 0 Å². The number of nitrogens with one attached hydrogen (secondary N) is 1. The van der Waals surface area contributed by atoms with E-state index in [-0.39, 0.29) is 18.2 Å². The van der Waals surface area contributed by atoms with E-state index in [1.54, 1.807) is 6.92 Å². The van der Waals surface area contributed by atoms with Crippen LogP contribution in [0, 0.1) is 25.7 Å². The second-order valence-electron chi connectivity index (χ2n) is 5.84. The number of carbonyl (C=O) groups excluding carboxylic acids is 1. The van der Waals surface area contributed by atoms with Crippen LogP contribution >= 0.6 is 0 Å². The second-order valence-corrected chi connectivity index (χ2v) is 5.84. The number of nitrogens with zero attached hydrogens (tertiary/aromatic N) is 1. The highest BCUT2D eigenvalue weighted by molar-refractivity contribution is 5.79. The minimum atomic E-state index is -0.698. The molecule has 1 saturated carbocycles. The van der Waals surface area contributed by atoms with Crippen LogP contribution in [0.25, 0.3) is 0 Å². The summed E-state index contributed by atoms with van der Waals surface area (Å²) in [5.41, 5.74) is 1.60. The summed E-state index contributed by atoms with van der Waals surface area (Å²) in [4.78, 5) is 22.8. The molecule has 1 aliphatic carbocycles. The molecule has 1 aromatic rings. The monoisotopic (exact) mass is 294 g/mol. The highest BCUT2D eigenvalue weighted by atomic mass is 16.5. The van der Waals surface area contributed by atoms with Crippen molar-refractivity contribution in [1.29, 1.82) is 0 Å². The first-order valence-electron chi connectivity index (χ1n) is 7.38. The molecule has 2 rings (SSSR count). The molecule has 21 heavy (non-hydrogen) atoms. The Hall–Kier alpha value is -1.85. The Balaban J connectivity index is 1.74. The molecule has 0 radical (unpaired) electrons. The highest BCUT2D eigenvalue weighted by Gasteiger charge is 2.26. The van der Waals surface area contributed by atoms with E-state index in [1.807, 2.05) is 6.92 Å². The maximum atomic E-state index is 12.0. The van der Waals surface area contributed by atoms with Gasteiger partial charge in [0, 0.05) is 12.1 Å². The van der Waals surface area contributed by atoms with Crippen LogP contribution in [0.2, 0.25) is 0 Å². The number of carboxylic acid groups (broad SMARTS) is 1. The first-order chi connectivity index (χ1) is 9.97. The zero-order valence-corrected chi connectivity index (χ0v) is 12.5. The van der Waals surface area contributed by atoms with Crippen LogP contribution in [0.4, 0.5) is 0 Å². The van der Waals surface area contributed by atoms with Crippen LogP contribution < -0.4 is 5.32 Å². The van der Waals surface area contributed by atoms with E-state index >= 15 is 0 Å². The van der Waals surface area contributed by atoms with Crippen molar-refractivity contribution in [3.05, 3.63) is 17.0 Å². The number of aromatic nitrogens is 1. The minimum absolute atomic E-state index is 0.0373. The Kier molecular flexibility index (Phi) is 4.98. The quantitative estimate of drug-likeness (QED) is 0.864. The molecule has 6 heteroatoms. The summed E-state index contributed by atoms with van der Waals surface area (Å²) < 4.78 is 5.04. The first kappa shape index (κ1) is 15.5. The maximum Gasteiger partial charge on any atom is 0.306 e. The summed E-state index contributed by atoms with van der Waals surface area (Å²) >= 11 is 0. The average molecular weight is 294 g/mol. The van der Waals surface area contributed by atoms with Crippen LogP contribution in [0.5, 0.6) is 0 Å². The molecule has 1 fully saturated rings. The van der Waals surface area contributed by atoms with Gasteiger partial charge in [0.2, 0.25) is 5.91 Å². The standard InChI is InChI=1S/C15H22N2O4/c1-9-13(10(2)21-17-9)7-14(18)16-8-11-3-5-12(6-4-11)15(19)20/h11-12H,3-8H2,1-2H3,(H,16,18)(H,19,20). The summed E-state index contributed by atoms with van der Waals surface area (Å²) in [7, 11) is 0. The molecule has 2 N–H and O–H groups in total. The molecule has 6 nitrogen and oxygen atoms in total. The van der Waals surface area contributed by atoms with E-state index in [2.05, 4.69) is 10.5 Å². The minimum Gasteiger partial charge on any atom is -0.481 e. The Bertz CT molecular complexity index is 496. The molecule has 116 valence electrons. The summed E-state index contributed by atoms with van der Waals surface area (Å²) in [6.45, 7) is 4.25. The third-order valence-electron chi connectivity index (χ3n) is 4.30. The lowest BCUT2D eigenvalue weighted by atomic mass is 9.82. The Labute approximate surface area is 123 Å². The fourth-order valence-corrected chi connectivity index (χ4v) is 2.85. The van der Waals surface area contributed by atoms with Gasteiger partial charge in [0.05, 0.1) is 18.0 Å². The average Bonchev–Trinajstić information content (AvgIpc) is 2.77. The van der Waals surface area contributed by atoms with E-state index in [0.29, 0.717) is 31.1 Å². The van der Waals surface area contributed by atoms with Crippen molar-refractivity contribution in [2.24, 2.45) is 11.8 Å². The predicted molar refractivity (Wildman–Crippen MR) is 75.8 cm³/mol. The van der Waals surface area contributed by atoms with Gasteiger partial charge in [-0.2, -0.15) is 0 Å². The molecule has 1 heterocycles. The van der Waals surface area contributed by atoms with Gasteiger partial charge in [-0.3, -0.25) is 9.59 Å². The molecular formula is C15H22N2O4. The lowest BCUT2D eigenvalue weighted by Crippen LogP contribution is -2.33. The van der Waals surface area contributed by atoms with Gasteiger partial charge >= 0.3 is 5.97 Å². The third-order valence-corrected chi connectivity index (χ3v) is 4.30. The molecule has 0 aliphatic heterocycles. The molecule has 1 amide bonds. The maximum absolute atomic E-state index is 12.0. The normalized spacial score (nSPS) is 22.0. The molecule has 1 aliphatic rings. The van der Waals surface area contributed by atoms with E-state index in [4.69, 9.17) is 9.63 Å². The number of aliphatic carboxylic acids is 1. The van der Waals surface area contributed by atoms with Gasteiger partial charge in [0.25, 0.3) is 0 Å². The van der Waals surface area contributed by atoms with Crippen molar-refractivity contribution in [3.63, 3.8) is 0 Å². The first-order valence-corrected chi connectivity index (χ1v) is 7.38. The molecule has 1 aromatic heterocycles. The molecule has 0 spiro atoms. The lowest BCUT2D eigenvalue weighted by Gasteiger charge is -2.26. The second kappa shape index (κ2) is 6.74. The zero-order chi connectivity index (χ0) is 15.4. The van der Waals surface area contributed by atoms with Gasteiger partial charge in [-0.05, 0) is 45.4 Å². The summed E-state index contributed by atoms with van der Waals surface area (Å²) in [6, 6.07) is 0. The van der Waals surface area contributed by atoms with E-state index in [0.717, 1.165) is 24.1 Å². The van der Waals surface area contributed by atoms with Crippen LogP contribution in [-0.4, -0.2) is 28.7 Å². The van der Waals surface area contributed by atoms with Gasteiger partial charge in [-0.1, -0.05) is 5.16 Å². The SMILES string of the molecule is Cc1noc(C)c1CC(=O)NCC1CCC(C(=O)O)CC1. The van der Waals surface area contributed by atoms with E-state index < -0.39 is 5.97 Å². The predicted octanol–water partition coefficient (Wildman–Crippen LogP) is 1.84. The summed E-state index contributed by atoms with van der Waals surface area (Å²) in [5.74, 6) is 0.124. The zero-order valence-electron chi connectivity index (χ0n) is 12.5. The van der Waals surface area contributed by atoms with Crippen LogP contribution in [-0.2, 0) is 16.0 Å². The molecule has 0 atom stereocenters. The number of carbonyl (C=O) groups is 2. The molecule has 0 unspecified atom stereocenters. The van der Waals surface area contributed by atoms with Crippen LogP contribution in [0.3, 0.4) is 0 Å². The number of rotatable bonds is 5. The van der Waals surface area contributed by atoms with Crippen molar-refractivity contribution in [2.75, 3.05) is 6.54 Å². The Morgan fingerprint density at radius 1 is 1.29 bits per heavy atom. The lowest BCUT2D eigenvalue weighted by molar-refractivity contribution is -0.143. The van der Waals surface area contributed by atoms with Crippen molar-refractivity contribution < 1.29 is 19.2 Å². The molecule has 0 saturated heterocycles. The van der Waals surface area contributed by atoms with Gasteiger partial charge in [-0.25, -0.2) is 0 Å². The molecule has 0 bridgehead atoms. The Morgan fingerprint density at radius 3 is 2.48 bits per heavy atom. The van der Waals surface area contributed by atoms with E-state index in [1.165, 1.54) is 0 Å². The number of hydrogen-bond donors (Lipinski definition) is 2. The van der Waals surface area contributed by atoms with Crippen molar-refractivity contribution >= 4 is 11.9 Å².